The minimum absolute atomic E-state index is 0.0952. The monoisotopic (exact) mass is 263 g/mol. The fraction of sp³-hybridized carbons (Fsp3) is 0.500. The van der Waals surface area contributed by atoms with E-state index in [2.05, 4.69) is 16.8 Å². The molecule has 3 nitrogen and oxygen atoms in total. The van der Waals surface area contributed by atoms with Gasteiger partial charge in [0.2, 0.25) is 0 Å². The summed E-state index contributed by atoms with van der Waals surface area (Å²) in [6, 6.07) is 7.89. The Bertz CT molecular complexity index is 482. The highest BCUT2D eigenvalue weighted by Crippen LogP contribution is 2.45. The van der Waals surface area contributed by atoms with Gasteiger partial charge in [0.05, 0.1) is 12.1 Å². The summed E-state index contributed by atoms with van der Waals surface area (Å²) < 4.78 is 0. The van der Waals surface area contributed by atoms with Crippen molar-refractivity contribution in [1.82, 2.24) is 0 Å². The molecule has 96 valence electrons. The number of nitrogens with two attached hydrogens (primary N) is 1. The molecule has 4 heteroatoms. The van der Waals surface area contributed by atoms with Crippen molar-refractivity contribution in [2.24, 2.45) is 16.6 Å². The van der Waals surface area contributed by atoms with Crippen LogP contribution in [0.25, 0.3) is 0 Å². The summed E-state index contributed by atoms with van der Waals surface area (Å²) in [5.74, 6) is 1.27. The second-order valence-corrected chi connectivity index (χ2v) is 5.82. The molecule has 1 heterocycles. The van der Waals surface area contributed by atoms with Gasteiger partial charge < -0.3 is 10.6 Å². The Morgan fingerprint density at radius 1 is 1.39 bits per heavy atom. The third-order valence-electron chi connectivity index (χ3n) is 4.44. The van der Waals surface area contributed by atoms with E-state index >= 15 is 0 Å². The molecular weight excluding hydrogens is 246 g/mol. The zero-order valence-electron chi connectivity index (χ0n) is 10.6. The van der Waals surface area contributed by atoms with Crippen molar-refractivity contribution in [2.45, 2.75) is 31.7 Å². The summed E-state index contributed by atoms with van der Waals surface area (Å²) in [6.45, 7) is 3.13. The Labute approximate surface area is 113 Å². The molecule has 1 aromatic carbocycles. The van der Waals surface area contributed by atoms with Crippen molar-refractivity contribution in [3.63, 3.8) is 0 Å². The topological polar surface area (TPSA) is 41.6 Å². The predicted molar refractivity (Wildman–Crippen MR) is 76.2 cm³/mol. The third kappa shape index (κ3) is 1.61. The Morgan fingerprint density at radius 3 is 2.72 bits per heavy atom. The second-order valence-electron chi connectivity index (χ2n) is 5.38. The number of rotatable bonds is 1. The van der Waals surface area contributed by atoms with Crippen molar-refractivity contribution >= 4 is 23.2 Å². The van der Waals surface area contributed by atoms with Gasteiger partial charge in [-0.25, -0.2) is 0 Å². The maximum Gasteiger partial charge on any atom is 0.196 e. The lowest BCUT2D eigenvalue weighted by molar-refractivity contribution is 0.365. The molecule has 2 unspecified atom stereocenters. The number of benzene rings is 1. The Kier molecular flexibility index (Phi) is 2.74. The first-order chi connectivity index (χ1) is 8.63. The van der Waals surface area contributed by atoms with Gasteiger partial charge in [-0.2, -0.15) is 0 Å². The first kappa shape index (κ1) is 11.8. The smallest absolute Gasteiger partial charge is 0.196 e. The Hall–Kier alpha value is -1.22. The lowest BCUT2D eigenvalue weighted by atomic mass is 9.87. The van der Waals surface area contributed by atoms with E-state index in [1.807, 2.05) is 24.3 Å². The van der Waals surface area contributed by atoms with Crippen molar-refractivity contribution < 1.29 is 0 Å². The summed E-state index contributed by atoms with van der Waals surface area (Å²) in [4.78, 5) is 6.71. The highest BCUT2D eigenvalue weighted by Gasteiger charge is 2.49. The number of aliphatic imine (C=N–C) groups is 1. The van der Waals surface area contributed by atoms with Crippen molar-refractivity contribution in [3.8, 4) is 0 Å². The third-order valence-corrected chi connectivity index (χ3v) is 4.69. The molecule has 0 aromatic heterocycles. The fourth-order valence-electron chi connectivity index (χ4n) is 3.36. The summed E-state index contributed by atoms with van der Waals surface area (Å²) in [6.07, 6.45) is 3.68. The van der Waals surface area contributed by atoms with E-state index in [1.54, 1.807) is 0 Å². The standard InChI is InChI=1S/C14H18ClN3/c1-10-3-2-8-14(10)9-17-13(16)18(14)12-6-4-11(15)5-7-12/h4-7,10H,2-3,8-9H2,1H3,(H2,16,17). The van der Waals surface area contributed by atoms with E-state index in [4.69, 9.17) is 17.3 Å². The Balaban J connectivity index is 2.02. The van der Waals surface area contributed by atoms with Gasteiger partial charge in [-0.15, -0.1) is 0 Å². The molecule has 1 fully saturated rings. The van der Waals surface area contributed by atoms with Crippen LogP contribution in [0.5, 0.6) is 0 Å². The average molecular weight is 264 g/mol. The van der Waals surface area contributed by atoms with Gasteiger partial charge in [-0.3, -0.25) is 4.99 Å². The van der Waals surface area contributed by atoms with E-state index in [1.165, 1.54) is 19.3 Å². The number of hydrogen-bond acceptors (Lipinski definition) is 3. The lowest BCUT2D eigenvalue weighted by Gasteiger charge is -2.39. The molecule has 1 spiro atoms. The highest BCUT2D eigenvalue weighted by molar-refractivity contribution is 6.30. The molecule has 3 rings (SSSR count). The molecule has 0 saturated heterocycles. The first-order valence-corrected chi connectivity index (χ1v) is 6.87. The minimum Gasteiger partial charge on any atom is -0.369 e. The molecule has 1 aliphatic carbocycles. The fourth-order valence-corrected chi connectivity index (χ4v) is 3.49. The van der Waals surface area contributed by atoms with Crippen molar-refractivity contribution in [2.75, 3.05) is 11.4 Å². The maximum atomic E-state index is 6.11. The lowest BCUT2D eigenvalue weighted by Crippen LogP contribution is -2.53. The molecule has 1 aliphatic heterocycles. The van der Waals surface area contributed by atoms with Gasteiger partial charge in [0.15, 0.2) is 5.96 Å². The summed E-state index contributed by atoms with van der Waals surface area (Å²) in [5.41, 5.74) is 7.31. The van der Waals surface area contributed by atoms with Crippen LogP contribution in [0.1, 0.15) is 26.2 Å². The van der Waals surface area contributed by atoms with Gasteiger partial charge in [-0.05, 0) is 43.0 Å². The van der Waals surface area contributed by atoms with Crippen LogP contribution in [0.2, 0.25) is 5.02 Å². The van der Waals surface area contributed by atoms with E-state index in [0.29, 0.717) is 11.9 Å². The number of anilines is 1. The second kappa shape index (κ2) is 4.16. The normalized spacial score (nSPS) is 31.1. The zero-order chi connectivity index (χ0) is 12.8. The molecule has 1 aromatic rings. The molecule has 0 bridgehead atoms. The molecule has 0 radical (unpaired) electrons. The van der Waals surface area contributed by atoms with Crippen molar-refractivity contribution in [3.05, 3.63) is 29.3 Å². The van der Waals surface area contributed by atoms with Crippen LogP contribution in [0.3, 0.4) is 0 Å². The van der Waals surface area contributed by atoms with Gasteiger partial charge in [0.1, 0.15) is 0 Å². The molecule has 0 amide bonds. The van der Waals surface area contributed by atoms with Gasteiger partial charge in [0, 0.05) is 10.7 Å². The van der Waals surface area contributed by atoms with E-state index < -0.39 is 0 Å². The van der Waals surface area contributed by atoms with Gasteiger partial charge >= 0.3 is 0 Å². The Morgan fingerprint density at radius 2 is 2.11 bits per heavy atom. The zero-order valence-corrected chi connectivity index (χ0v) is 11.3. The first-order valence-electron chi connectivity index (χ1n) is 6.49. The quantitative estimate of drug-likeness (QED) is 0.846. The molecule has 18 heavy (non-hydrogen) atoms. The molecule has 2 atom stereocenters. The van der Waals surface area contributed by atoms with Gasteiger partial charge in [-0.1, -0.05) is 24.9 Å². The summed E-state index contributed by atoms with van der Waals surface area (Å²) in [7, 11) is 0. The minimum atomic E-state index is 0.0952. The molecular formula is C14H18ClN3. The SMILES string of the molecule is CC1CCCC12CN=C(N)N2c1ccc(Cl)cc1. The number of nitrogens with zero attached hydrogens (tertiary/aromatic N) is 2. The summed E-state index contributed by atoms with van der Waals surface area (Å²) >= 11 is 5.95. The highest BCUT2D eigenvalue weighted by atomic mass is 35.5. The largest absolute Gasteiger partial charge is 0.369 e. The molecule has 1 saturated carbocycles. The summed E-state index contributed by atoms with van der Waals surface area (Å²) in [5, 5.41) is 0.752. The van der Waals surface area contributed by atoms with E-state index in [0.717, 1.165) is 17.3 Å². The van der Waals surface area contributed by atoms with Crippen LogP contribution >= 0.6 is 11.6 Å². The number of halogens is 1. The number of guanidine groups is 1. The predicted octanol–water partition coefficient (Wildman–Crippen LogP) is 3.03. The average Bonchev–Trinajstić information content (AvgIpc) is 2.88. The van der Waals surface area contributed by atoms with Crippen LogP contribution in [0.15, 0.2) is 29.3 Å². The molecule has 2 aliphatic rings. The number of hydrogen-bond donors (Lipinski definition) is 1. The van der Waals surface area contributed by atoms with Gasteiger partial charge in [0.25, 0.3) is 0 Å². The van der Waals surface area contributed by atoms with Crippen molar-refractivity contribution in [1.29, 1.82) is 0 Å². The van der Waals surface area contributed by atoms with Crippen LogP contribution in [-0.4, -0.2) is 18.0 Å². The van der Waals surface area contributed by atoms with Crippen LogP contribution < -0.4 is 10.6 Å². The van der Waals surface area contributed by atoms with Crippen LogP contribution in [0.4, 0.5) is 5.69 Å². The van der Waals surface area contributed by atoms with E-state index in [9.17, 15) is 0 Å². The van der Waals surface area contributed by atoms with E-state index in [-0.39, 0.29) is 5.54 Å². The van der Waals surface area contributed by atoms with Crippen LogP contribution in [0, 0.1) is 5.92 Å². The maximum absolute atomic E-state index is 6.11. The molecule has 2 N–H and O–H groups in total. The van der Waals surface area contributed by atoms with Crippen LogP contribution in [-0.2, 0) is 0 Å².